The van der Waals surface area contributed by atoms with Gasteiger partial charge in [-0.2, -0.15) is 0 Å². The average Bonchev–Trinajstić information content (AvgIpc) is 2.17. The molecule has 0 bridgehead atoms. The third-order valence-electron chi connectivity index (χ3n) is 1.66. The SMILES string of the molecule is CCS(=O)CCNC(=O)N[C@@H](C)C(=O)O. The van der Waals surface area contributed by atoms with E-state index in [1.54, 1.807) is 6.92 Å². The summed E-state index contributed by atoms with van der Waals surface area (Å²) in [5.74, 6) is -0.164. The summed E-state index contributed by atoms with van der Waals surface area (Å²) in [5, 5.41) is 13.1. The summed E-state index contributed by atoms with van der Waals surface area (Å²) >= 11 is 0. The summed E-state index contributed by atoms with van der Waals surface area (Å²) in [6, 6.07) is -1.49. The molecule has 0 saturated carbocycles. The van der Waals surface area contributed by atoms with Gasteiger partial charge in [0.05, 0.1) is 0 Å². The van der Waals surface area contributed by atoms with Gasteiger partial charge in [-0.25, -0.2) is 4.79 Å². The maximum Gasteiger partial charge on any atom is 0.325 e. The van der Waals surface area contributed by atoms with Gasteiger partial charge in [-0.1, -0.05) is 6.92 Å². The number of carbonyl (C=O) groups excluding carboxylic acids is 1. The summed E-state index contributed by atoms with van der Waals surface area (Å²) < 4.78 is 11.0. The number of aliphatic carboxylic acids is 1. The number of carbonyl (C=O) groups is 2. The number of nitrogens with one attached hydrogen (secondary N) is 2. The number of hydrogen-bond acceptors (Lipinski definition) is 3. The Balaban J connectivity index is 3.67. The summed E-state index contributed by atoms with van der Waals surface area (Å²) in [6.07, 6.45) is 0. The van der Waals surface area contributed by atoms with E-state index in [1.807, 2.05) is 0 Å². The van der Waals surface area contributed by atoms with Gasteiger partial charge in [-0.15, -0.1) is 0 Å². The number of urea groups is 1. The van der Waals surface area contributed by atoms with Crippen LogP contribution in [0.5, 0.6) is 0 Å². The van der Waals surface area contributed by atoms with Gasteiger partial charge in [-0.05, 0) is 6.92 Å². The zero-order chi connectivity index (χ0) is 11.8. The Morgan fingerprint density at radius 2 is 2.07 bits per heavy atom. The second-order valence-corrected chi connectivity index (χ2v) is 4.76. The second-order valence-electron chi connectivity index (χ2n) is 2.89. The molecule has 0 saturated heterocycles. The van der Waals surface area contributed by atoms with Crippen LogP contribution < -0.4 is 10.6 Å². The molecule has 15 heavy (non-hydrogen) atoms. The Hall–Kier alpha value is -1.11. The molecule has 0 aliphatic heterocycles. The van der Waals surface area contributed by atoms with Crippen molar-refractivity contribution in [1.29, 1.82) is 0 Å². The standard InChI is InChI=1S/C8H16N2O4S/c1-3-15(14)5-4-9-8(13)10-6(2)7(11)12/h6H,3-5H2,1-2H3,(H,11,12)(H2,9,10,13)/t6-,15?/m0/s1. The maximum absolute atomic E-state index is 11.0. The van der Waals surface area contributed by atoms with Crippen LogP contribution in [0.2, 0.25) is 0 Å². The van der Waals surface area contributed by atoms with Crippen molar-refractivity contribution >= 4 is 22.8 Å². The summed E-state index contributed by atoms with van der Waals surface area (Å²) in [7, 11) is -0.924. The van der Waals surface area contributed by atoms with Gasteiger partial charge in [0.1, 0.15) is 6.04 Å². The average molecular weight is 236 g/mol. The molecule has 0 rings (SSSR count). The van der Waals surface area contributed by atoms with E-state index in [-0.39, 0.29) is 6.54 Å². The molecule has 0 aromatic carbocycles. The van der Waals surface area contributed by atoms with Gasteiger partial charge in [0.15, 0.2) is 0 Å². The predicted octanol–water partition coefficient (Wildman–Crippen LogP) is -0.473. The summed E-state index contributed by atoms with van der Waals surface area (Å²) in [6.45, 7) is 3.44. The van der Waals surface area contributed by atoms with Crippen molar-refractivity contribution in [2.75, 3.05) is 18.1 Å². The Labute approximate surface area is 90.9 Å². The third kappa shape index (κ3) is 6.89. The molecule has 0 aliphatic rings. The van der Waals surface area contributed by atoms with Crippen LogP contribution in [-0.4, -0.2) is 45.4 Å². The highest BCUT2D eigenvalue weighted by Gasteiger charge is 2.12. The van der Waals surface area contributed by atoms with Crippen molar-refractivity contribution in [1.82, 2.24) is 10.6 Å². The highest BCUT2D eigenvalue weighted by atomic mass is 32.2. The number of carboxylic acid groups (broad SMARTS) is 1. The van der Waals surface area contributed by atoms with E-state index in [2.05, 4.69) is 10.6 Å². The highest BCUT2D eigenvalue weighted by Crippen LogP contribution is 1.82. The monoisotopic (exact) mass is 236 g/mol. The lowest BCUT2D eigenvalue weighted by Gasteiger charge is -2.10. The van der Waals surface area contributed by atoms with Crippen LogP contribution >= 0.6 is 0 Å². The Bertz CT molecular complexity index is 257. The second kappa shape index (κ2) is 7.22. The minimum Gasteiger partial charge on any atom is -0.480 e. The molecule has 0 spiro atoms. The van der Waals surface area contributed by atoms with Crippen LogP contribution in [0.1, 0.15) is 13.8 Å². The largest absolute Gasteiger partial charge is 0.480 e. The van der Waals surface area contributed by atoms with Crippen molar-refractivity contribution in [2.45, 2.75) is 19.9 Å². The molecule has 7 heteroatoms. The van der Waals surface area contributed by atoms with Crippen LogP contribution in [0.4, 0.5) is 4.79 Å². The Kier molecular flexibility index (Phi) is 6.68. The fraction of sp³-hybridized carbons (Fsp3) is 0.750. The lowest BCUT2D eigenvalue weighted by Crippen LogP contribution is -2.45. The van der Waals surface area contributed by atoms with Crippen LogP contribution in [-0.2, 0) is 15.6 Å². The topological polar surface area (TPSA) is 95.5 Å². The van der Waals surface area contributed by atoms with Gasteiger partial charge < -0.3 is 15.7 Å². The lowest BCUT2D eigenvalue weighted by molar-refractivity contribution is -0.138. The molecule has 0 aromatic heterocycles. The lowest BCUT2D eigenvalue weighted by atomic mass is 10.3. The van der Waals surface area contributed by atoms with Crippen LogP contribution in [0, 0.1) is 0 Å². The number of carboxylic acids is 1. The van der Waals surface area contributed by atoms with Gasteiger partial charge in [0.2, 0.25) is 0 Å². The first-order chi connectivity index (χ1) is 6.97. The van der Waals surface area contributed by atoms with Crippen molar-refractivity contribution in [2.24, 2.45) is 0 Å². The molecular formula is C8H16N2O4S. The van der Waals surface area contributed by atoms with E-state index < -0.39 is 28.8 Å². The first-order valence-electron chi connectivity index (χ1n) is 4.59. The molecule has 0 aliphatic carbocycles. The number of hydrogen-bond donors (Lipinski definition) is 3. The molecule has 0 fully saturated rings. The molecule has 88 valence electrons. The predicted molar refractivity (Wildman–Crippen MR) is 57.2 cm³/mol. The molecule has 0 radical (unpaired) electrons. The van der Waals surface area contributed by atoms with Gasteiger partial charge >= 0.3 is 12.0 Å². The van der Waals surface area contributed by atoms with E-state index in [1.165, 1.54) is 6.92 Å². The first kappa shape index (κ1) is 13.9. The fourth-order valence-electron chi connectivity index (χ4n) is 0.732. The van der Waals surface area contributed by atoms with Crippen molar-refractivity contribution in [3.05, 3.63) is 0 Å². The van der Waals surface area contributed by atoms with Crippen molar-refractivity contribution in [3.63, 3.8) is 0 Å². The van der Waals surface area contributed by atoms with E-state index >= 15 is 0 Å². The van der Waals surface area contributed by atoms with Crippen LogP contribution in [0.15, 0.2) is 0 Å². The van der Waals surface area contributed by atoms with Crippen LogP contribution in [0.25, 0.3) is 0 Å². The highest BCUT2D eigenvalue weighted by molar-refractivity contribution is 7.84. The van der Waals surface area contributed by atoms with Crippen molar-refractivity contribution in [3.8, 4) is 0 Å². The summed E-state index contributed by atoms with van der Waals surface area (Å²) in [4.78, 5) is 21.4. The number of rotatable bonds is 6. The molecule has 6 nitrogen and oxygen atoms in total. The summed E-state index contributed by atoms with van der Waals surface area (Å²) in [5.41, 5.74) is 0. The molecule has 0 aromatic rings. The number of amides is 2. The van der Waals surface area contributed by atoms with Gasteiger partial charge in [-0.3, -0.25) is 9.00 Å². The maximum atomic E-state index is 11.0. The minimum absolute atomic E-state index is 0.276. The third-order valence-corrected chi connectivity index (χ3v) is 2.96. The Morgan fingerprint density at radius 3 is 2.53 bits per heavy atom. The zero-order valence-corrected chi connectivity index (χ0v) is 9.60. The Morgan fingerprint density at radius 1 is 1.47 bits per heavy atom. The van der Waals surface area contributed by atoms with E-state index in [0.717, 1.165) is 0 Å². The van der Waals surface area contributed by atoms with E-state index in [9.17, 15) is 13.8 Å². The fourth-order valence-corrected chi connectivity index (χ4v) is 1.35. The normalized spacial score (nSPS) is 14.0. The van der Waals surface area contributed by atoms with E-state index in [0.29, 0.717) is 11.5 Å². The quantitative estimate of drug-likeness (QED) is 0.581. The molecule has 2 atom stereocenters. The zero-order valence-electron chi connectivity index (χ0n) is 8.78. The molecule has 2 amide bonds. The van der Waals surface area contributed by atoms with Gasteiger partial charge in [0, 0.05) is 28.9 Å². The minimum atomic E-state index is -1.10. The smallest absolute Gasteiger partial charge is 0.325 e. The first-order valence-corrected chi connectivity index (χ1v) is 6.08. The molecule has 3 N–H and O–H groups in total. The molecular weight excluding hydrogens is 220 g/mol. The van der Waals surface area contributed by atoms with Gasteiger partial charge in [0.25, 0.3) is 0 Å². The molecule has 1 unspecified atom stereocenters. The molecule has 0 heterocycles. The van der Waals surface area contributed by atoms with Crippen LogP contribution in [0.3, 0.4) is 0 Å². The van der Waals surface area contributed by atoms with E-state index in [4.69, 9.17) is 5.11 Å². The van der Waals surface area contributed by atoms with Crippen molar-refractivity contribution < 1.29 is 18.9 Å².